The number of nitrogens with zero attached hydrogens (tertiary/aromatic N) is 1. The predicted molar refractivity (Wildman–Crippen MR) is 85.0 cm³/mol. The molecule has 1 aliphatic rings. The predicted octanol–water partition coefficient (Wildman–Crippen LogP) is 2.66. The van der Waals surface area contributed by atoms with Crippen molar-refractivity contribution in [2.45, 2.75) is 26.2 Å². The Kier molecular flexibility index (Phi) is 6.50. The number of rotatable bonds is 3. The number of carbonyl (C=O) groups is 1. The lowest BCUT2D eigenvalue weighted by molar-refractivity contribution is -0.135. The van der Waals surface area contributed by atoms with Gasteiger partial charge in [-0.2, -0.15) is 0 Å². The molecule has 2 rings (SSSR count). The van der Waals surface area contributed by atoms with Crippen LogP contribution < -0.4 is 5.73 Å². The van der Waals surface area contributed by atoms with Crippen molar-refractivity contribution in [1.29, 1.82) is 0 Å². The fourth-order valence-electron chi connectivity index (χ4n) is 2.75. The molecule has 3 atom stereocenters. The Labute approximate surface area is 127 Å². The van der Waals surface area contributed by atoms with Crippen LogP contribution in [0, 0.1) is 11.8 Å². The fraction of sp³-hybridized carbons (Fsp3) is 0.562. The average Bonchev–Trinajstić information content (AvgIpc) is 2.44. The summed E-state index contributed by atoms with van der Waals surface area (Å²) in [6.45, 7) is 6.61. The van der Waals surface area contributed by atoms with Gasteiger partial charge in [0.15, 0.2) is 0 Å². The first-order chi connectivity index (χ1) is 9.13. The highest BCUT2D eigenvalue weighted by Gasteiger charge is 2.30. The van der Waals surface area contributed by atoms with Gasteiger partial charge in [0.2, 0.25) is 5.91 Å². The Morgan fingerprint density at radius 1 is 1.30 bits per heavy atom. The second kappa shape index (κ2) is 7.65. The summed E-state index contributed by atoms with van der Waals surface area (Å²) < 4.78 is 0. The maximum Gasteiger partial charge on any atom is 0.231 e. The first-order valence-electron chi connectivity index (χ1n) is 7.17. The lowest BCUT2D eigenvalue weighted by Crippen LogP contribution is -2.45. The summed E-state index contributed by atoms with van der Waals surface area (Å²) in [7, 11) is 0. The molecule has 1 heterocycles. The number of benzene rings is 1. The smallest absolute Gasteiger partial charge is 0.231 e. The highest BCUT2D eigenvalue weighted by Crippen LogP contribution is 2.25. The molecule has 20 heavy (non-hydrogen) atoms. The monoisotopic (exact) mass is 296 g/mol. The van der Waals surface area contributed by atoms with Gasteiger partial charge < -0.3 is 10.6 Å². The molecule has 3 unspecified atom stereocenters. The molecule has 1 aliphatic heterocycles. The highest BCUT2D eigenvalue weighted by atomic mass is 35.5. The number of likely N-dealkylation sites (tertiary alicyclic amines) is 1. The molecule has 1 aromatic rings. The van der Waals surface area contributed by atoms with E-state index in [-0.39, 0.29) is 24.2 Å². The van der Waals surface area contributed by atoms with Gasteiger partial charge in [-0.25, -0.2) is 0 Å². The van der Waals surface area contributed by atoms with Crippen LogP contribution in [-0.2, 0) is 4.79 Å². The van der Waals surface area contributed by atoms with E-state index < -0.39 is 0 Å². The van der Waals surface area contributed by atoms with E-state index in [0.717, 1.165) is 25.1 Å². The van der Waals surface area contributed by atoms with Crippen LogP contribution in [-0.4, -0.2) is 30.4 Å². The molecule has 0 spiro atoms. The fourth-order valence-corrected chi connectivity index (χ4v) is 2.75. The van der Waals surface area contributed by atoms with Crippen molar-refractivity contribution in [1.82, 2.24) is 4.90 Å². The first-order valence-corrected chi connectivity index (χ1v) is 7.17. The number of hydrogen-bond acceptors (Lipinski definition) is 2. The quantitative estimate of drug-likeness (QED) is 0.932. The Balaban J connectivity index is 0.00000200. The SMILES string of the molecule is CC1CCN(C(=O)C(CN)c2ccccc2)CC1C.Cl. The number of nitrogens with two attached hydrogens (primary N) is 1. The lowest BCUT2D eigenvalue weighted by Gasteiger charge is -2.37. The molecular weight excluding hydrogens is 272 g/mol. The molecule has 1 aromatic carbocycles. The van der Waals surface area contributed by atoms with Crippen LogP contribution in [0.3, 0.4) is 0 Å². The van der Waals surface area contributed by atoms with Crippen LogP contribution >= 0.6 is 12.4 Å². The summed E-state index contributed by atoms with van der Waals surface area (Å²) in [6, 6.07) is 9.88. The highest BCUT2D eigenvalue weighted by molar-refractivity contribution is 5.85. The van der Waals surface area contributed by atoms with Crippen molar-refractivity contribution in [3.63, 3.8) is 0 Å². The molecule has 0 aromatic heterocycles. The van der Waals surface area contributed by atoms with Crippen LogP contribution in [0.2, 0.25) is 0 Å². The Morgan fingerprint density at radius 3 is 2.50 bits per heavy atom. The molecule has 0 bridgehead atoms. The van der Waals surface area contributed by atoms with Crippen LogP contribution in [0.25, 0.3) is 0 Å². The van der Waals surface area contributed by atoms with Gasteiger partial charge in [0.1, 0.15) is 0 Å². The molecular formula is C16H25ClN2O. The van der Waals surface area contributed by atoms with E-state index in [2.05, 4.69) is 13.8 Å². The van der Waals surface area contributed by atoms with Gasteiger partial charge in [-0.15, -0.1) is 12.4 Å². The zero-order valence-corrected chi connectivity index (χ0v) is 13.1. The maximum atomic E-state index is 12.6. The van der Waals surface area contributed by atoms with Crippen LogP contribution in [0.15, 0.2) is 30.3 Å². The Hall–Kier alpha value is -1.06. The van der Waals surface area contributed by atoms with Gasteiger partial charge >= 0.3 is 0 Å². The third-order valence-corrected chi connectivity index (χ3v) is 4.38. The minimum Gasteiger partial charge on any atom is -0.342 e. The van der Waals surface area contributed by atoms with Crippen LogP contribution in [0.4, 0.5) is 0 Å². The summed E-state index contributed by atoms with van der Waals surface area (Å²) >= 11 is 0. The van der Waals surface area contributed by atoms with Crippen molar-refractivity contribution in [3.8, 4) is 0 Å². The second-order valence-corrected chi connectivity index (χ2v) is 5.73. The van der Waals surface area contributed by atoms with Gasteiger partial charge in [0, 0.05) is 19.6 Å². The van der Waals surface area contributed by atoms with Crippen molar-refractivity contribution < 1.29 is 4.79 Å². The van der Waals surface area contributed by atoms with E-state index in [1.165, 1.54) is 0 Å². The van der Waals surface area contributed by atoms with E-state index >= 15 is 0 Å². The Bertz CT molecular complexity index is 424. The van der Waals surface area contributed by atoms with Crippen molar-refractivity contribution >= 4 is 18.3 Å². The molecule has 0 saturated carbocycles. The number of halogens is 1. The first kappa shape index (κ1) is 17.0. The molecule has 1 saturated heterocycles. The molecule has 4 heteroatoms. The Morgan fingerprint density at radius 2 is 1.95 bits per heavy atom. The topological polar surface area (TPSA) is 46.3 Å². The van der Waals surface area contributed by atoms with Gasteiger partial charge in [0.05, 0.1) is 5.92 Å². The summed E-state index contributed by atoms with van der Waals surface area (Å²) in [5.41, 5.74) is 6.86. The van der Waals surface area contributed by atoms with Crippen LogP contribution in [0.1, 0.15) is 31.7 Å². The zero-order chi connectivity index (χ0) is 13.8. The standard InChI is InChI=1S/C16H24N2O.ClH/c1-12-8-9-18(11-13(12)2)16(19)15(10-17)14-6-4-3-5-7-14;/h3-7,12-13,15H,8-11,17H2,1-2H3;1H. The lowest BCUT2D eigenvalue weighted by atomic mass is 9.87. The van der Waals surface area contributed by atoms with Gasteiger partial charge in [-0.05, 0) is 23.8 Å². The zero-order valence-electron chi connectivity index (χ0n) is 12.3. The van der Waals surface area contributed by atoms with Gasteiger partial charge in [-0.1, -0.05) is 44.2 Å². The summed E-state index contributed by atoms with van der Waals surface area (Å²) in [4.78, 5) is 14.6. The summed E-state index contributed by atoms with van der Waals surface area (Å²) in [6.07, 6.45) is 1.10. The molecule has 0 radical (unpaired) electrons. The molecule has 3 nitrogen and oxygen atoms in total. The van der Waals surface area contributed by atoms with Gasteiger partial charge in [-0.3, -0.25) is 4.79 Å². The summed E-state index contributed by atoms with van der Waals surface area (Å²) in [5.74, 6) is 1.28. The molecule has 2 N–H and O–H groups in total. The number of amides is 1. The number of piperidine rings is 1. The maximum absolute atomic E-state index is 12.6. The largest absolute Gasteiger partial charge is 0.342 e. The molecule has 1 fully saturated rings. The van der Waals surface area contributed by atoms with Crippen LogP contribution in [0.5, 0.6) is 0 Å². The molecule has 112 valence electrons. The van der Waals surface area contributed by atoms with Crippen molar-refractivity contribution in [3.05, 3.63) is 35.9 Å². The molecule has 0 aliphatic carbocycles. The number of carbonyl (C=O) groups excluding carboxylic acids is 1. The minimum absolute atomic E-state index is 0. The second-order valence-electron chi connectivity index (χ2n) is 5.73. The number of hydrogen-bond donors (Lipinski definition) is 1. The normalized spacial score (nSPS) is 23.9. The average molecular weight is 297 g/mol. The van der Waals surface area contributed by atoms with E-state index in [4.69, 9.17) is 5.73 Å². The van der Waals surface area contributed by atoms with Crippen molar-refractivity contribution in [2.24, 2.45) is 17.6 Å². The van der Waals surface area contributed by atoms with Crippen molar-refractivity contribution in [2.75, 3.05) is 19.6 Å². The van der Waals surface area contributed by atoms with E-state index in [0.29, 0.717) is 18.4 Å². The van der Waals surface area contributed by atoms with Gasteiger partial charge in [0.25, 0.3) is 0 Å². The third kappa shape index (κ3) is 3.74. The summed E-state index contributed by atoms with van der Waals surface area (Å²) in [5, 5.41) is 0. The third-order valence-electron chi connectivity index (χ3n) is 4.38. The molecule has 1 amide bonds. The minimum atomic E-state index is -0.193. The van der Waals surface area contributed by atoms with E-state index in [9.17, 15) is 4.79 Å². The van der Waals surface area contributed by atoms with E-state index in [1.807, 2.05) is 35.2 Å². The van der Waals surface area contributed by atoms with E-state index in [1.54, 1.807) is 0 Å².